The van der Waals surface area contributed by atoms with Crippen molar-refractivity contribution >= 4 is 27.4 Å². The van der Waals surface area contributed by atoms with Crippen LogP contribution < -0.4 is 0 Å². The minimum Gasteiger partial charge on any atom is -0.452 e. The highest BCUT2D eigenvalue weighted by Crippen LogP contribution is 2.20. The molecule has 7 nitrogen and oxygen atoms in total. The fourth-order valence-corrected chi connectivity index (χ4v) is 3.51. The first-order chi connectivity index (χ1) is 12.9. The maximum Gasteiger partial charge on any atom is 0.339 e. The minimum absolute atomic E-state index is 0.0307. The predicted molar refractivity (Wildman–Crippen MR) is 98.0 cm³/mol. The minimum atomic E-state index is -3.56. The largest absolute Gasteiger partial charge is 0.452 e. The van der Waals surface area contributed by atoms with Crippen LogP contribution in [0.2, 0.25) is 5.02 Å². The summed E-state index contributed by atoms with van der Waals surface area (Å²) >= 11 is 5.84. The summed E-state index contributed by atoms with van der Waals surface area (Å²) in [5.74, 6) is -0.490. The number of aromatic nitrogens is 2. The molecule has 0 saturated heterocycles. The van der Waals surface area contributed by atoms with E-state index in [1.165, 1.54) is 19.1 Å². The van der Waals surface area contributed by atoms with Gasteiger partial charge in [0.25, 0.3) is 5.89 Å². The molecule has 0 atom stereocenters. The molecule has 0 bridgehead atoms. The van der Waals surface area contributed by atoms with Crippen LogP contribution >= 0.6 is 11.6 Å². The van der Waals surface area contributed by atoms with Gasteiger partial charge in [0.1, 0.15) is 0 Å². The zero-order chi connectivity index (χ0) is 19.4. The molecular weight excluding hydrogens is 392 g/mol. The molecular formula is C18H15ClN2O5S. The molecule has 1 aromatic heterocycles. The molecule has 0 N–H and O–H groups in total. The molecule has 0 unspecified atom stereocenters. The highest BCUT2D eigenvalue weighted by molar-refractivity contribution is 7.91. The highest BCUT2D eigenvalue weighted by Gasteiger charge is 2.22. The standard InChI is InChI=1S/C18H15ClN2O5S/c1-2-27(23,24)15-6-4-3-5-14(15)18(22)25-11-16-20-17(21-26-16)12-7-9-13(19)10-8-12/h3-10H,2,11H2,1H3. The molecule has 2 aromatic carbocycles. The lowest BCUT2D eigenvalue weighted by molar-refractivity contribution is 0.0425. The summed E-state index contributed by atoms with van der Waals surface area (Å²) in [6, 6.07) is 12.7. The second kappa shape index (κ2) is 7.89. The second-order valence-electron chi connectivity index (χ2n) is 5.49. The monoisotopic (exact) mass is 406 g/mol. The molecule has 0 aliphatic rings. The molecule has 0 saturated carbocycles. The average molecular weight is 407 g/mol. The number of ether oxygens (including phenoxy) is 1. The first kappa shape index (κ1) is 19.1. The Labute approximate surface area is 160 Å². The first-order valence-corrected chi connectivity index (χ1v) is 10.0. The van der Waals surface area contributed by atoms with Crippen LogP contribution in [0.5, 0.6) is 0 Å². The van der Waals surface area contributed by atoms with Crippen LogP contribution in [-0.4, -0.2) is 30.3 Å². The van der Waals surface area contributed by atoms with E-state index in [4.69, 9.17) is 20.9 Å². The van der Waals surface area contributed by atoms with Gasteiger partial charge >= 0.3 is 5.97 Å². The van der Waals surface area contributed by atoms with Crippen molar-refractivity contribution < 1.29 is 22.5 Å². The quantitative estimate of drug-likeness (QED) is 0.577. The van der Waals surface area contributed by atoms with Crippen LogP contribution in [0, 0.1) is 0 Å². The predicted octanol–water partition coefficient (Wildman–Crippen LogP) is 3.54. The maximum absolute atomic E-state index is 12.3. The topological polar surface area (TPSA) is 99.4 Å². The summed E-state index contributed by atoms with van der Waals surface area (Å²) in [4.78, 5) is 16.4. The second-order valence-corrected chi connectivity index (χ2v) is 8.18. The Morgan fingerprint density at radius 3 is 2.56 bits per heavy atom. The van der Waals surface area contributed by atoms with Crippen LogP contribution in [0.1, 0.15) is 23.2 Å². The zero-order valence-corrected chi connectivity index (χ0v) is 15.8. The van der Waals surface area contributed by atoms with Crippen LogP contribution in [0.3, 0.4) is 0 Å². The molecule has 1 heterocycles. The molecule has 0 fully saturated rings. The Morgan fingerprint density at radius 2 is 1.85 bits per heavy atom. The van der Waals surface area contributed by atoms with Gasteiger partial charge in [-0.25, -0.2) is 13.2 Å². The highest BCUT2D eigenvalue weighted by atomic mass is 35.5. The molecule has 27 heavy (non-hydrogen) atoms. The Hall–Kier alpha value is -2.71. The number of sulfone groups is 1. The number of hydrogen-bond acceptors (Lipinski definition) is 7. The van der Waals surface area contributed by atoms with E-state index in [1.54, 1.807) is 36.4 Å². The summed E-state index contributed by atoms with van der Waals surface area (Å²) < 4.78 is 34.5. The van der Waals surface area contributed by atoms with Crippen LogP contribution in [0.25, 0.3) is 11.4 Å². The Kier molecular flexibility index (Phi) is 5.57. The number of carbonyl (C=O) groups excluding carboxylic acids is 1. The lowest BCUT2D eigenvalue weighted by atomic mass is 10.2. The molecule has 0 amide bonds. The maximum atomic E-state index is 12.3. The van der Waals surface area contributed by atoms with Crippen LogP contribution in [0.15, 0.2) is 57.9 Å². The molecule has 3 aromatic rings. The lowest BCUT2D eigenvalue weighted by Gasteiger charge is -2.08. The third kappa shape index (κ3) is 4.35. The zero-order valence-electron chi connectivity index (χ0n) is 14.3. The summed E-state index contributed by atoms with van der Waals surface area (Å²) in [7, 11) is -3.56. The Balaban J connectivity index is 1.73. The number of benzene rings is 2. The van der Waals surface area contributed by atoms with Crippen molar-refractivity contribution in [2.75, 3.05) is 5.75 Å². The first-order valence-electron chi connectivity index (χ1n) is 7.98. The van der Waals surface area contributed by atoms with Gasteiger partial charge in [0, 0.05) is 10.6 Å². The summed E-state index contributed by atoms with van der Waals surface area (Å²) in [5, 5.41) is 4.40. The van der Waals surface area contributed by atoms with Crippen LogP contribution in [-0.2, 0) is 21.2 Å². The smallest absolute Gasteiger partial charge is 0.339 e. The van der Waals surface area contributed by atoms with Crippen molar-refractivity contribution in [3.05, 3.63) is 65.0 Å². The van der Waals surface area contributed by atoms with Crippen molar-refractivity contribution in [1.29, 1.82) is 0 Å². The summed E-state index contributed by atoms with van der Waals surface area (Å²) in [6.45, 7) is 1.23. The van der Waals surface area contributed by atoms with E-state index in [0.29, 0.717) is 16.4 Å². The number of rotatable bonds is 6. The lowest BCUT2D eigenvalue weighted by Crippen LogP contribution is -2.13. The fourth-order valence-electron chi connectivity index (χ4n) is 2.30. The van der Waals surface area contributed by atoms with E-state index < -0.39 is 15.8 Å². The van der Waals surface area contributed by atoms with Crippen molar-refractivity contribution in [2.24, 2.45) is 0 Å². The summed E-state index contributed by atoms with van der Waals surface area (Å²) in [6.07, 6.45) is 0. The van der Waals surface area contributed by atoms with Crippen molar-refractivity contribution in [3.63, 3.8) is 0 Å². The van der Waals surface area contributed by atoms with Crippen molar-refractivity contribution in [1.82, 2.24) is 10.1 Å². The molecule has 0 radical (unpaired) electrons. The van der Waals surface area contributed by atoms with E-state index in [-0.39, 0.29) is 28.7 Å². The molecule has 140 valence electrons. The van der Waals surface area contributed by atoms with E-state index in [1.807, 2.05) is 0 Å². The van der Waals surface area contributed by atoms with Gasteiger partial charge in [-0.1, -0.05) is 35.8 Å². The average Bonchev–Trinajstić information content (AvgIpc) is 3.15. The van der Waals surface area contributed by atoms with Crippen molar-refractivity contribution in [2.45, 2.75) is 18.4 Å². The van der Waals surface area contributed by atoms with Gasteiger partial charge in [-0.2, -0.15) is 4.98 Å². The number of carbonyl (C=O) groups is 1. The number of halogens is 1. The third-order valence-electron chi connectivity index (χ3n) is 3.72. The normalized spacial score (nSPS) is 11.3. The Morgan fingerprint density at radius 1 is 1.15 bits per heavy atom. The van der Waals surface area contributed by atoms with Gasteiger partial charge in [0.05, 0.1) is 16.2 Å². The van der Waals surface area contributed by atoms with Gasteiger partial charge in [-0.3, -0.25) is 0 Å². The van der Waals surface area contributed by atoms with Crippen LogP contribution in [0.4, 0.5) is 0 Å². The van der Waals surface area contributed by atoms with Crippen molar-refractivity contribution in [3.8, 4) is 11.4 Å². The number of nitrogens with zero attached hydrogens (tertiary/aromatic N) is 2. The van der Waals surface area contributed by atoms with E-state index >= 15 is 0 Å². The molecule has 3 rings (SSSR count). The van der Waals surface area contributed by atoms with E-state index in [2.05, 4.69) is 10.1 Å². The molecule has 0 spiro atoms. The van der Waals surface area contributed by atoms with E-state index in [0.717, 1.165) is 0 Å². The summed E-state index contributed by atoms with van der Waals surface area (Å²) in [5.41, 5.74) is 0.664. The molecule has 9 heteroatoms. The van der Waals surface area contributed by atoms with Gasteiger partial charge in [-0.05, 0) is 36.4 Å². The number of esters is 1. The Bertz CT molecular complexity index is 1060. The SMILES string of the molecule is CCS(=O)(=O)c1ccccc1C(=O)OCc1nc(-c2ccc(Cl)cc2)no1. The molecule has 0 aliphatic carbocycles. The van der Waals surface area contributed by atoms with Gasteiger partial charge in [-0.15, -0.1) is 0 Å². The third-order valence-corrected chi connectivity index (χ3v) is 5.76. The van der Waals surface area contributed by atoms with Gasteiger partial charge in [0.2, 0.25) is 5.82 Å². The van der Waals surface area contributed by atoms with Gasteiger partial charge in [0.15, 0.2) is 16.4 Å². The number of hydrogen-bond donors (Lipinski definition) is 0. The van der Waals surface area contributed by atoms with E-state index in [9.17, 15) is 13.2 Å². The molecule has 0 aliphatic heterocycles. The van der Waals surface area contributed by atoms with Gasteiger partial charge < -0.3 is 9.26 Å². The fraction of sp³-hybridized carbons (Fsp3) is 0.167.